The van der Waals surface area contributed by atoms with Gasteiger partial charge in [-0.2, -0.15) is 5.26 Å². The smallest absolute Gasteiger partial charge is 0.337 e. The van der Waals surface area contributed by atoms with Gasteiger partial charge in [-0.05, 0) is 55.0 Å². The van der Waals surface area contributed by atoms with Crippen molar-refractivity contribution in [3.63, 3.8) is 0 Å². The van der Waals surface area contributed by atoms with Gasteiger partial charge in [0.2, 0.25) is 0 Å². The largest absolute Gasteiger partial charge is 0.492 e. The first kappa shape index (κ1) is 19.7. The van der Waals surface area contributed by atoms with Crippen molar-refractivity contribution < 1.29 is 14.3 Å². The van der Waals surface area contributed by atoms with Crippen LogP contribution in [0.4, 0.5) is 5.69 Å². The zero-order chi connectivity index (χ0) is 19.8. The summed E-state index contributed by atoms with van der Waals surface area (Å²) in [5, 5.41) is 8.93. The van der Waals surface area contributed by atoms with E-state index in [0.29, 0.717) is 17.7 Å². The standard InChI is InChI=1S/C22H25N3O3/c1-27-22(26)19-5-9-21(10-6-19)28-16-15-24-11-2-12-25(14-13-24)20-7-3-18(17-23)4-8-20/h3-10H,2,11-16H2,1H3. The Morgan fingerprint density at radius 3 is 2.46 bits per heavy atom. The fraction of sp³-hybridized carbons (Fsp3) is 0.364. The minimum absolute atomic E-state index is 0.345. The Morgan fingerprint density at radius 1 is 1.04 bits per heavy atom. The fourth-order valence-electron chi connectivity index (χ4n) is 3.30. The van der Waals surface area contributed by atoms with Gasteiger partial charge in [0.25, 0.3) is 0 Å². The van der Waals surface area contributed by atoms with Crippen molar-refractivity contribution in [3.8, 4) is 11.8 Å². The van der Waals surface area contributed by atoms with Crippen molar-refractivity contribution in [1.29, 1.82) is 5.26 Å². The SMILES string of the molecule is COC(=O)c1ccc(OCCN2CCCN(c3ccc(C#N)cc3)CC2)cc1. The molecule has 6 nitrogen and oxygen atoms in total. The number of esters is 1. The summed E-state index contributed by atoms with van der Waals surface area (Å²) in [7, 11) is 1.37. The predicted octanol–water partition coefficient (Wildman–Crippen LogP) is 2.94. The van der Waals surface area contributed by atoms with Crippen molar-refractivity contribution in [2.75, 3.05) is 51.3 Å². The van der Waals surface area contributed by atoms with E-state index >= 15 is 0 Å². The second-order valence-electron chi connectivity index (χ2n) is 6.71. The van der Waals surface area contributed by atoms with Gasteiger partial charge >= 0.3 is 5.97 Å². The lowest BCUT2D eigenvalue weighted by atomic mass is 10.2. The van der Waals surface area contributed by atoms with E-state index in [9.17, 15) is 4.79 Å². The third-order valence-corrected chi connectivity index (χ3v) is 4.90. The maximum absolute atomic E-state index is 11.5. The predicted molar refractivity (Wildman–Crippen MR) is 108 cm³/mol. The zero-order valence-corrected chi connectivity index (χ0v) is 16.1. The molecule has 1 saturated heterocycles. The molecule has 0 bridgehead atoms. The number of nitrogens with zero attached hydrogens (tertiary/aromatic N) is 3. The lowest BCUT2D eigenvalue weighted by Gasteiger charge is -2.23. The van der Waals surface area contributed by atoms with Crippen LogP contribution in [-0.4, -0.2) is 57.3 Å². The normalized spacial score (nSPS) is 14.8. The summed E-state index contributed by atoms with van der Waals surface area (Å²) in [5.74, 6) is 0.407. The van der Waals surface area contributed by atoms with E-state index in [1.54, 1.807) is 24.3 Å². The number of nitriles is 1. The van der Waals surface area contributed by atoms with Crippen LogP contribution in [0.15, 0.2) is 48.5 Å². The maximum Gasteiger partial charge on any atom is 0.337 e. The maximum atomic E-state index is 11.5. The number of carbonyl (C=O) groups is 1. The van der Waals surface area contributed by atoms with Gasteiger partial charge in [0.15, 0.2) is 0 Å². The minimum atomic E-state index is -0.345. The number of hydrogen-bond donors (Lipinski definition) is 0. The Labute approximate surface area is 165 Å². The highest BCUT2D eigenvalue weighted by atomic mass is 16.5. The molecule has 146 valence electrons. The Balaban J connectivity index is 1.44. The number of benzene rings is 2. The van der Waals surface area contributed by atoms with Crippen LogP contribution in [0.2, 0.25) is 0 Å². The van der Waals surface area contributed by atoms with Gasteiger partial charge in [-0.1, -0.05) is 0 Å². The van der Waals surface area contributed by atoms with E-state index in [-0.39, 0.29) is 5.97 Å². The summed E-state index contributed by atoms with van der Waals surface area (Å²) in [4.78, 5) is 16.2. The number of anilines is 1. The van der Waals surface area contributed by atoms with E-state index in [2.05, 4.69) is 15.9 Å². The molecule has 0 spiro atoms. The van der Waals surface area contributed by atoms with Crippen LogP contribution >= 0.6 is 0 Å². The lowest BCUT2D eigenvalue weighted by molar-refractivity contribution is 0.0600. The summed E-state index contributed by atoms with van der Waals surface area (Å²) in [6.45, 7) is 5.45. The second-order valence-corrected chi connectivity index (χ2v) is 6.71. The Hall–Kier alpha value is -3.04. The second kappa shape index (κ2) is 9.77. The van der Waals surface area contributed by atoms with Gasteiger partial charge in [-0.25, -0.2) is 4.79 Å². The average molecular weight is 379 g/mol. The van der Waals surface area contributed by atoms with E-state index < -0.39 is 0 Å². The molecule has 2 aromatic rings. The third-order valence-electron chi connectivity index (χ3n) is 4.90. The van der Waals surface area contributed by atoms with E-state index in [0.717, 1.165) is 44.9 Å². The fourth-order valence-corrected chi connectivity index (χ4v) is 3.30. The molecular weight excluding hydrogens is 354 g/mol. The Bertz CT molecular complexity index is 812. The highest BCUT2D eigenvalue weighted by Crippen LogP contribution is 2.17. The topological polar surface area (TPSA) is 65.8 Å². The molecule has 1 heterocycles. The summed E-state index contributed by atoms with van der Waals surface area (Å²) < 4.78 is 10.5. The molecule has 0 unspecified atom stereocenters. The quantitative estimate of drug-likeness (QED) is 0.719. The Kier molecular flexibility index (Phi) is 6.88. The molecule has 0 aromatic heterocycles. The average Bonchev–Trinajstić information content (AvgIpc) is 2.99. The van der Waals surface area contributed by atoms with E-state index in [1.165, 1.54) is 12.8 Å². The first-order chi connectivity index (χ1) is 13.7. The first-order valence-electron chi connectivity index (χ1n) is 9.48. The molecule has 0 radical (unpaired) electrons. The number of hydrogen-bond acceptors (Lipinski definition) is 6. The van der Waals surface area contributed by atoms with E-state index in [1.807, 2.05) is 24.3 Å². The van der Waals surface area contributed by atoms with Crippen molar-refractivity contribution in [2.45, 2.75) is 6.42 Å². The summed E-state index contributed by atoms with van der Waals surface area (Å²) >= 11 is 0. The van der Waals surface area contributed by atoms with Gasteiger partial charge < -0.3 is 14.4 Å². The molecule has 0 N–H and O–H groups in total. The first-order valence-corrected chi connectivity index (χ1v) is 9.48. The zero-order valence-electron chi connectivity index (χ0n) is 16.1. The number of rotatable bonds is 6. The molecule has 1 aliphatic rings. The van der Waals surface area contributed by atoms with Crippen LogP contribution in [0.1, 0.15) is 22.3 Å². The summed E-state index contributed by atoms with van der Waals surface area (Å²) in [5.41, 5.74) is 2.38. The van der Waals surface area contributed by atoms with Crippen molar-refractivity contribution >= 4 is 11.7 Å². The molecule has 6 heteroatoms. The number of carbonyl (C=O) groups excluding carboxylic acids is 1. The van der Waals surface area contributed by atoms with E-state index in [4.69, 9.17) is 14.7 Å². The van der Waals surface area contributed by atoms with Crippen LogP contribution < -0.4 is 9.64 Å². The monoisotopic (exact) mass is 379 g/mol. The van der Waals surface area contributed by atoms with Crippen LogP contribution in [0.3, 0.4) is 0 Å². The van der Waals surface area contributed by atoms with Crippen molar-refractivity contribution in [2.24, 2.45) is 0 Å². The Morgan fingerprint density at radius 2 is 1.79 bits per heavy atom. The molecule has 0 saturated carbocycles. The summed E-state index contributed by atoms with van der Waals surface area (Å²) in [6, 6.07) is 17.0. The molecule has 1 aliphatic heterocycles. The molecular formula is C22H25N3O3. The molecule has 0 aliphatic carbocycles. The molecule has 3 rings (SSSR count). The van der Waals surface area contributed by atoms with Gasteiger partial charge in [-0.3, -0.25) is 4.90 Å². The van der Waals surface area contributed by atoms with Crippen LogP contribution in [0.5, 0.6) is 5.75 Å². The van der Waals surface area contributed by atoms with Crippen molar-refractivity contribution in [1.82, 2.24) is 4.90 Å². The molecule has 2 aromatic carbocycles. The highest BCUT2D eigenvalue weighted by Gasteiger charge is 2.15. The number of ether oxygens (including phenoxy) is 2. The highest BCUT2D eigenvalue weighted by molar-refractivity contribution is 5.89. The van der Waals surface area contributed by atoms with Crippen LogP contribution in [-0.2, 0) is 4.74 Å². The van der Waals surface area contributed by atoms with Crippen LogP contribution in [0, 0.1) is 11.3 Å². The third kappa shape index (κ3) is 5.24. The lowest BCUT2D eigenvalue weighted by Crippen LogP contribution is -2.33. The summed E-state index contributed by atoms with van der Waals surface area (Å²) in [6.07, 6.45) is 1.09. The molecule has 0 amide bonds. The molecule has 0 atom stereocenters. The minimum Gasteiger partial charge on any atom is -0.492 e. The van der Waals surface area contributed by atoms with Crippen LogP contribution in [0.25, 0.3) is 0 Å². The van der Waals surface area contributed by atoms with Gasteiger partial charge in [-0.15, -0.1) is 0 Å². The number of methoxy groups -OCH3 is 1. The van der Waals surface area contributed by atoms with Crippen molar-refractivity contribution in [3.05, 3.63) is 59.7 Å². The van der Waals surface area contributed by atoms with Gasteiger partial charge in [0.1, 0.15) is 12.4 Å². The molecule has 1 fully saturated rings. The molecule has 28 heavy (non-hydrogen) atoms. The van der Waals surface area contributed by atoms with Gasteiger partial charge in [0.05, 0.1) is 24.3 Å². The van der Waals surface area contributed by atoms with Gasteiger partial charge in [0, 0.05) is 38.4 Å².